The van der Waals surface area contributed by atoms with Crippen LogP contribution in [0, 0.1) is 0 Å². The van der Waals surface area contributed by atoms with E-state index in [0.29, 0.717) is 5.69 Å². The smallest absolute Gasteiger partial charge is 0.351 e. The molecule has 0 saturated carbocycles. The Balaban J connectivity index is 3.38. The zero-order chi connectivity index (χ0) is 16.3. The van der Waals surface area contributed by atoms with E-state index in [9.17, 15) is 13.0 Å². The fraction of sp³-hybridized carbons (Fsp3) is 0.538. The Labute approximate surface area is 126 Å². The molecule has 1 aromatic carbocycles. The van der Waals surface area contributed by atoms with Crippen molar-refractivity contribution in [1.29, 1.82) is 0 Å². The van der Waals surface area contributed by atoms with Gasteiger partial charge in [0.15, 0.2) is 14.3 Å². The van der Waals surface area contributed by atoms with Crippen LogP contribution in [-0.4, -0.2) is 26.1 Å². The fourth-order valence-electron chi connectivity index (χ4n) is 1.77. The van der Waals surface area contributed by atoms with Crippen molar-refractivity contribution in [1.82, 2.24) is 0 Å². The minimum atomic E-state index is -3.93. The van der Waals surface area contributed by atoms with E-state index in [1.165, 1.54) is 38.1 Å². The number of hydrogen-bond acceptors (Lipinski definition) is 6. The Morgan fingerprint density at radius 1 is 1.10 bits per heavy atom. The first kappa shape index (κ1) is 18.2. The molecule has 0 aliphatic heterocycles. The number of nitrogen functional groups attached to an aromatic ring is 1. The third-order valence-electron chi connectivity index (χ3n) is 3.11. The average Bonchev–Trinajstić information content (AvgIpc) is 2.39. The summed E-state index contributed by atoms with van der Waals surface area (Å²) in [4.78, 5) is 0.0290. The Bertz CT molecular complexity index is 614. The van der Waals surface area contributed by atoms with Crippen LogP contribution in [0.4, 0.5) is 5.69 Å². The second-order valence-corrected chi connectivity index (χ2v) is 10.3. The maximum Gasteiger partial charge on any atom is 0.351 e. The highest BCUT2D eigenvalue weighted by Gasteiger charge is 2.53. The second kappa shape index (κ2) is 6.48. The van der Waals surface area contributed by atoms with Gasteiger partial charge in [0.05, 0.1) is 18.1 Å². The second-order valence-electron chi connectivity index (χ2n) is 4.85. The molecule has 0 aliphatic carbocycles. The van der Waals surface area contributed by atoms with Crippen LogP contribution in [-0.2, 0) is 23.4 Å². The van der Waals surface area contributed by atoms with E-state index in [-0.39, 0.29) is 18.1 Å². The van der Waals surface area contributed by atoms with Crippen molar-refractivity contribution in [3.8, 4) is 0 Å². The third-order valence-corrected chi connectivity index (χ3v) is 9.22. The summed E-state index contributed by atoms with van der Waals surface area (Å²) in [6.07, 6.45) is 0. The zero-order valence-corrected chi connectivity index (χ0v) is 14.4. The predicted molar refractivity (Wildman–Crippen MR) is 83.0 cm³/mol. The van der Waals surface area contributed by atoms with Gasteiger partial charge >= 0.3 is 7.60 Å². The van der Waals surface area contributed by atoms with Crippen LogP contribution in [0.1, 0.15) is 27.7 Å². The number of hydrogen-bond donors (Lipinski definition) is 1. The van der Waals surface area contributed by atoms with Crippen molar-refractivity contribution in [3.63, 3.8) is 0 Å². The van der Waals surface area contributed by atoms with E-state index in [0.717, 1.165) is 0 Å². The van der Waals surface area contributed by atoms with Crippen molar-refractivity contribution in [2.75, 3.05) is 18.9 Å². The molecular weight excluding hydrogens is 313 g/mol. The first-order chi connectivity index (χ1) is 9.62. The predicted octanol–water partition coefficient (Wildman–Crippen LogP) is 3.04. The number of nitrogens with two attached hydrogens (primary N) is 1. The zero-order valence-electron chi connectivity index (χ0n) is 12.7. The van der Waals surface area contributed by atoms with Gasteiger partial charge in [-0.1, -0.05) is 0 Å². The van der Waals surface area contributed by atoms with Crippen molar-refractivity contribution >= 4 is 23.1 Å². The highest BCUT2D eigenvalue weighted by molar-refractivity contribution is 7.99. The first-order valence-electron chi connectivity index (χ1n) is 6.61. The van der Waals surface area contributed by atoms with Gasteiger partial charge in [-0.3, -0.25) is 4.57 Å². The standard InChI is InChI=1S/C13H22NO5PS/c1-5-18-20(15,19-6-2)13(3,4)21(16,17)12-9-7-11(14)8-10-12/h7-10H,5-6,14H2,1-4H3. The van der Waals surface area contributed by atoms with Crippen LogP contribution < -0.4 is 5.73 Å². The number of rotatable bonds is 7. The highest BCUT2D eigenvalue weighted by atomic mass is 32.2. The maximum atomic E-state index is 12.9. The normalized spacial score (nSPS) is 13.3. The molecule has 0 radical (unpaired) electrons. The largest absolute Gasteiger partial charge is 0.399 e. The van der Waals surface area contributed by atoms with Gasteiger partial charge in [0.25, 0.3) is 0 Å². The molecule has 2 N–H and O–H groups in total. The van der Waals surface area contributed by atoms with Crippen LogP contribution in [0.25, 0.3) is 0 Å². The van der Waals surface area contributed by atoms with Crippen LogP contribution in [0.5, 0.6) is 0 Å². The lowest BCUT2D eigenvalue weighted by Gasteiger charge is -2.32. The molecule has 0 aromatic heterocycles. The highest BCUT2D eigenvalue weighted by Crippen LogP contribution is 2.63. The Morgan fingerprint density at radius 2 is 1.52 bits per heavy atom. The average molecular weight is 335 g/mol. The molecule has 6 nitrogen and oxygen atoms in total. The molecule has 0 aliphatic rings. The van der Waals surface area contributed by atoms with Crippen LogP contribution >= 0.6 is 7.60 Å². The van der Waals surface area contributed by atoms with Crippen molar-refractivity contribution in [2.24, 2.45) is 0 Å². The molecule has 0 fully saturated rings. The molecular formula is C13H22NO5PS. The van der Waals surface area contributed by atoms with Gasteiger partial charge in [-0.2, -0.15) is 0 Å². The molecule has 120 valence electrons. The van der Waals surface area contributed by atoms with E-state index in [4.69, 9.17) is 14.8 Å². The van der Waals surface area contributed by atoms with Crippen LogP contribution in [0.3, 0.4) is 0 Å². The monoisotopic (exact) mass is 335 g/mol. The van der Waals surface area contributed by atoms with E-state index >= 15 is 0 Å². The van der Waals surface area contributed by atoms with Crippen molar-refractivity contribution in [2.45, 2.75) is 37.1 Å². The summed E-state index contributed by atoms with van der Waals surface area (Å²) in [6.45, 7) is 6.17. The molecule has 0 saturated heterocycles. The molecule has 0 amide bonds. The van der Waals surface area contributed by atoms with Crippen molar-refractivity contribution < 1.29 is 22.0 Å². The lowest BCUT2D eigenvalue weighted by atomic mass is 10.3. The SMILES string of the molecule is CCOP(=O)(OCC)C(C)(C)S(=O)(=O)c1ccc(N)cc1. The van der Waals surface area contributed by atoms with Gasteiger partial charge in [0, 0.05) is 5.69 Å². The summed E-state index contributed by atoms with van der Waals surface area (Å²) >= 11 is 0. The van der Waals surface area contributed by atoms with Gasteiger partial charge in [-0.25, -0.2) is 8.42 Å². The molecule has 1 aromatic rings. The van der Waals surface area contributed by atoms with Gasteiger partial charge in [-0.15, -0.1) is 0 Å². The molecule has 8 heteroatoms. The topological polar surface area (TPSA) is 95.7 Å². The van der Waals surface area contributed by atoms with Crippen molar-refractivity contribution in [3.05, 3.63) is 24.3 Å². The summed E-state index contributed by atoms with van der Waals surface area (Å²) in [5, 5.41) is 0. The van der Waals surface area contributed by atoms with Crippen LogP contribution in [0.15, 0.2) is 29.2 Å². The summed E-state index contributed by atoms with van der Waals surface area (Å²) in [5.41, 5.74) is 6.01. The van der Waals surface area contributed by atoms with E-state index in [1.54, 1.807) is 13.8 Å². The lowest BCUT2D eigenvalue weighted by Crippen LogP contribution is -2.33. The minimum absolute atomic E-state index is 0.0290. The van der Waals surface area contributed by atoms with Gasteiger partial charge in [0.2, 0.25) is 0 Å². The Kier molecular flexibility index (Phi) is 5.61. The van der Waals surface area contributed by atoms with Crippen LogP contribution in [0.2, 0.25) is 0 Å². The molecule has 0 unspecified atom stereocenters. The number of benzene rings is 1. The molecule has 1 rings (SSSR count). The van der Waals surface area contributed by atoms with Gasteiger partial charge < -0.3 is 14.8 Å². The molecule has 0 heterocycles. The summed E-state index contributed by atoms with van der Waals surface area (Å²) < 4.78 is 47.1. The third kappa shape index (κ3) is 3.31. The van der Waals surface area contributed by atoms with E-state index < -0.39 is 21.9 Å². The molecule has 0 atom stereocenters. The van der Waals surface area contributed by atoms with E-state index in [1.807, 2.05) is 0 Å². The van der Waals surface area contributed by atoms with Gasteiger partial charge in [0.1, 0.15) is 0 Å². The first-order valence-corrected chi connectivity index (χ1v) is 9.64. The minimum Gasteiger partial charge on any atom is -0.399 e. The quantitative estimate of drug-likeness (QED) is 0.608. The Morgan fingerprint density at radius 3 is 1.90 bits per heavy atom. The Hall–Kier alpha value is -0.880. The summed E-state index contributed by atoms with van der Waals surface area (Å²) in [7, 11) is -7.77. The molecule has 0 bridgehead atoms. The summed E-state index contributed by atoms with van der Waals surface area (Å²) in [6, 6.07) is 5.73. The van der Waals surface area contributed by atoms with E-state index in [2.05, 4.69) is 0 Å². The maximum absolute atomic E-state index is 12.9. The number of sulfone groups is 1. The number of anilines is 1. The molecule has 0 spiro atoms. The lowest BCUT2D eigenvalue weighted by molar-refractivity contribution is 0.210. The van der Waals surface area contributed by atoms with Gasteiger partial charge in [-0.05, 0) is 52.0 Å². The molecule has 21 heavy (non-hydrogen) atoms. The summed E-state index contributed by atoms with van der Waals surface area (Å²) in [5.74, 6) is 0. The fourth-order valence-corrected chi connectivity index (χ4v) is 6.03.